The Morgan fingerprint density at radius 3 is 2.86 bits per heavy atom. The number of anilines is 1. The molecule has 0 aliphatic rings. The summed E-state index contributed by atoms with van der Waals surface area (Å²) in [5, 5.41) is 10.5. The molecule has 2 aromatic rings. The van der Waals surface area contributed by atoms with E-state index in [1.54, 1.807) is 30.5 Å². The quantitative estimate of drug-likeness (QED) is 0.904. The van der Waals surface area contributed by atoms with Gasteiger partial charge in [0.15, 0.2) is 0 Å². The number of aryl methyl sites for hydroxylation is 1. The van der Waals surface area contributed by atoms with Crippen molar-refractivity contribution in [1.29, 1.82) is 0 Å². The molecule has 1 aromatic heterocycles. The van der Waals surface area contributed by atoms with Crippen LogP contribution in [-0.4, -0.2) is 15.8 Å². The highest BCUT2D eigenvalue weighted by atomic mass is 35.5. The lowest BCUT2D eigenvalue weighted by molar-refractivity contribution is 0.249. The first-order chi connectivity index (χ1) is 10.0. The number of nitrogens with zero attached hydrogens (tertiary/aromatic N) is 2. The highest BCUT2D eigenvalue weighted by Crippen LogP contribution is 2.18. The van der Waals surface area contributed by atoms with Gasteiger partial charge >= 0.3 is 6.03 Å². The summed E-state index contributed by atoms with van der Waals surface area (Å²) >= 11 is 5.89. The van der Waals surface area contributed by atoms with E-state index in [-0.39, 0.29) is 12.1 Å². The summed E-state index contributed by atoms with van der Waals surface area (Å²) in [6.07, 6.45) is 1.79. The van der Waals surface area contributed by atoms with Crippen molar-refractivity contribution < 1.29 is 4.79 Å². The van der Waals surface area contributed by atoms with Crippen LogP contribution in [0.25, 0.3) is 0 Å². The fourth-order valence-corrected chi connectivity index (χ4v) is 2.40. The third-order valence-electron chi connectivity index (χ3n) is 3.34. The molecule has 0 fully saturated rings. The van der Waals surface area contributed by atoms with Crippen LogP contribution in [0.15, 0.2) is 30.5 Å². The molecule has 2 N–H and O–H groups in total. The van der Waals surface area contributed by atoms with Gasteiger partial charge in [-0.25, -0.2) is 4.79 Å². The lowest BCUT2D eigenvalue weighted by atomic mass is 10.1. The van der Waals surface area contributed by atoms with Gasteiger partial charge in [-0.1, -0.05) is 17.7 Å². The summed E-state index contributed by atoms with van der Waals surface area (Å²) in [5.74, 6) is 0. The van der Waals surface area contributed by atoms with Crippen molar-refractivity contribution in [3.63, 3.8) is 0 Å². The van der Waals surface area contributed by atoms with Gasteiger partial charge in [0.2, 0.25) is 0 Å². The number of hydrogen-bond donors (Lipinski definition) is 2. The molecule has 0 bridgehead atoms. The van der Waals surface area contributed by atoms with Gasteiger partial charge in [0.25, 0.3) is 0 Å². The number of carbonyl (C=O) groups excluding carboxylic acids is 1. The Balaban J connectivity index is 2.00. The number of nitrogens with one attached hydrogen (secondary N) is 2. The van der Waals surface area contributed by atoms with Crippen LogP contribution < -0.4 is 10.6 Å². The molecular formula is C15H19ClN4O. The largest absolute Gasteiger partial charge is 0.331 e. The normalized spacial score (nSPS) is 12.0. The Morgan fingerprint density at radius 2 is 2.24 bits per heavy atom. The van der Waals surface area contributed by atoms with E-state index >= 15 is 0 Å². The molecule has 5 nitrogen and oxygen atoms in total. The van der Waals surface area contributed by atoms with Crippen LogP contribution in [0.1, 0.15) is 31.1 Å². The summed E-state index contributed by atoms with van der Waals surface area (Å²) in [6, 6.07) is 6.65. The number of benzene rings is 1. The summed E-state index contributed by atoms with van der Waals surface area (Å²) in [7, 11) is 0. The van der Waals surface area contributed by atoms with Crippen molar-refractivity contribution in [2.24, 2.45) is 0 Å². The number of hydrogen-bond acceptors (Lipinski definition) is 2. The fraction of sp³-hybridized carbons (Fsp3) is 0.333. The molecule has 0 spiro atoms. The van der Waals surface area contributed by atoms with E-state index in [4.69, 9.17) is 11.6 Å². The van der Waals surface area contributed by atoms with Crippen LogP contribution in [0.3, 0.4) is 0 Å². The minimum Gasteiger partial charge on any atom is -0.331 e. The number of halogens is 1. The minimum absolute atomic E-state index is 0.121. The van der Waals surface area contributed by atoms with Gasteiger partial charge in [0.1, 0.15) is 0 Å². The number of carbonyl (C=O) groups is 1. The van der Waals surface area contributed by atoms with Crippen LogP contribution in [0.2, 0.25) is 5.02 Å². The van der Waals surface area contributed by atoms with Gasteiger partial charge in [0, 0.05) is 28.5 Å². The molecule has 1 unspecified atom stereocenters. The summed E-state index contributed by atoms with van der Waals surface area (Å²) in [4.78, 5) is 12.0. The Bertz CT molecular complexity index is 638. The number of rotatable bonds is 4. The topological polar surface area (TPSA) is 59.0 Å². The SMILES string of the molecule is CCn1ncc(C(C)NC(=O)Nc2cccc(Cl)c2)c1C. The van der Waals surface area contributed by atoms with E-state index < -0.39 is 0 Å². The zero-order chi connectivity index (χ0) is 15.4. The predicted octanol–water partition coefficient (Wildman–Crippen LogP) is 3.75. The molecule has 2 rings (SSSR count). The summed E-state index contributed by atoms with van der Waals surface area (Å²) in [6.45, 7) is 6.78. The molecule has 0 aliphatic heterocycles. The van der Waals surface area contributed by atoms with E-state index in [0.29, 0.717) is 10.7 Å². The van der Waals surface area contributed by atoms with Crippen molar-refractivity contribution in [3.8, 4) is 0 Å². The average molecular weight is 307 g/mol. The molecule has 21 heavy (non-hydrogen) atoms. The molecule has 1 atom stereocenters. The van der Waals surface area contributed by atoms with Crippen LogP contribution in [0, 0.1) is 6.92 Å². The van der Waals surface area contributed by atoms with Crippen LogP contribution >= 0.6 is 11.6 Å². The van der Waals surface area contributed by atoms with Crippen molar-refractivity contribution in [2.45, 2.75) is 33.4 Å². The number of urea groups is 1. The Kier molecular flexibility index (Phi) is 4.85. The molecule has 0 aliphatic carbocycles. The average Bonchev–Trinajstić information content (AvgIpc) is 2.79. The highest BCUT2D eigenvalue weighted by molar-refractivity contribution is 6.30. The van der Waals surface area contributed by atoms with Gasteiger partial charge in [-0.15, -0.1) is 0 Å². The molecule has 2 amide bonds. The molecule has 0 radical (unpaired) electrons. The maximum absolute atomic E-state index is 12.0. The van der Waals surface area contributed by atoms with E-state index in [1.165, 1.54) is 0 Å². The monoisotopic (exact) mass is 306 g/mol. The Labute approximate surface area is 129 Å². The van der Waals surface area contributed by atoms with Crippen molar-refractivity contribution in [3.05, 3.63) is 46.7 Å². The van der Waals surface area contributed by atoms with Crippen LogP contribution in [0.5, 0.6) is 0 Å². The maximum Gasteiger partial charge on any atom is 0.319 e. The van der Waals surface area contributed by atoms with Gasteiger partial charge in [-0.05, 0) is 39.0 Å². The smallest absolute Gasteiger partial charge is 0.319 e. The van der Waals surface area contributed by atoms with Crippen molar-refractivity contribution in [1.82, 2.24) is 15.1 Å². The van der Waals surface area contributed by atoms with Crippen molar-refractivity contribution in [2.75, 3.05) is 5.32 Å². The second-order valence-corrected chi connectivity index (χ2v) is 5.27. The fourth-order valence-electron chi connectivity index (χ4n) is 2.21. The molecular weight excluding hydrogens is 288 g/mol. The maximum atomic E-state index is 12.0. The Morgan fingerprint density at radius 1 is 1.48 bits per heavy atom. The van der Waals surface area contributed by atoms with Gasteiger partial charge in [-0.2, -0.15) is 5.10 Å². The molecule has 0 saturated carbocycles. The second-order valence-electron chi connectivity index (χ2n) is 4.83. The van der Waals surface area contributed by atoms with Crippen LogP contribution in [-0.2, 0) is 6.54 Å². The van der Waals surface area contributed by atoms with Gasteiger partial charge in [-0.3, -0.25) is 4.68 Å². The molecule has 1 aromatic carbocycles. The van der Waals surface area contributed by atoms with Crippen molar-refractivity contribution >= 4 is 23.3 Å². The van der Waals surface area contributed by atoms with E-state index in [1.807, 2.05) is 25.5 Å². The van der Waals surface area contributed by atoms with Gasteiger partial charge in [0.05, 0.1) is 12.2 Å². The Hall–Kier alpha value is -2.01. The van der Waals surface area contributed by atoms with Crippen LogP contribution in [0.4, 0.5) is 10.5 Å². The zero-order valence-corrected chi connectivity index (χ0v) is 13.1. The second kappa shape index (κ2) is 6.63. The van der Waals surface area contributed by atoms with E-state index in [9.17, 15) is 4.79 Å². The van der Waals surface area contributed by atoms with E-state index in [0.717, 1.165) is 17.8 Å². The minimum atomic E-state index is -0.270. The third kappa shape index (κ3) is 3.76. The summed E-state index contributed by atoms with van der Waals surface area (Å²) in [5.41, 5.74) is 2.74. The molecule has 6 heteroatoms. The first-order valence-electron chi connectivity index (χ1n) is 6.86. The zero-order valence-electron chi connectivity index (χ0n) is 12.4. The van der Waals surface area contributed by atoms with E-state index in [2.05, 4.69) is 15.7 Å². The first kappa shape index (κ1) is 15.4. The third-order valence-corrected chi connectivity index (χ3v) is 3.57. The highest BCUT2D eigenvalue weighted by Gasteiger charge is 2.15. The predicted molar refractivity (Wildman–Crippen MR) is 84.7 cm³/mol. The lowest BCUT2D eigenvalue weighted by Crippen LogP contribution is -2.31. The molecule has 1 heterocycles. The number of amides is 2. The standard InChI is InChI=1S/C15H19ClN4O/c1-4-20-11(3)14(9-17-20)10(2)18-15(21)19-13-7-5-6-12(16)8-13/h5-10H,4H2,1-3H3,(H2,18,19,21). The van der Waals surface area contributed by atoms with Gasteiger partial charge < -0.3 is 10.6 Å². The number of aromatic nitrogens is 2. The lowest BCUT2D eigenvalue weighted by Gasteiger charge is -2.15. The summed E-state index contributed by atoms with van der Waals surface area (Å²) < 4.78 is 1.91. The first-order valence-corrected chi connectivity index (χ1v) is 7.24. The molecule has 0 saturated heterocycles. The molecule has 112 valence electrons.